The van der Waals surface area contributed by atoms with Gasteiger partial charge in [-0.3, -0.25) is 0 Å². The van der Waals surface area contributed by atoms with E-state index in [1.807, 2.05) is 0 Å². The first-order valence-corrected chi connectivity index (χ1v) is 8.18. The Morgan fingerprint density at radius 3 is 2.47 bits per heavy atom. The molecule has 5 heteroatoms. The fourth-order valence-corrected chi connectivity index (χ4v) is 3.58. The van der Waals surface area contributed by atoms with Gasteiger partial charge in [0.2, 0.25) is 0 Å². The van der Waals surface area contributed by atoms with Crippen molar-refractivity contribution >= 4 is 16.5 Å². The highest BCUT2D eigenvalue weighted by Crippen LogP contribution is 2.32. The number of nitrogens with two attached hydrogens (primary N) is 1. The Kier molecular flexibility index (Phi) is 5.19. The van der Waals surface area contributed by atoms with E-state index >= 15 is 0 Å². The SMILES string of the molecule is CCC(C)c1nc(N2CCN(CC)CC2)sc1CN. The van der Waals surface area contributed by atoms with Gasteiger partial charge in [0.1, 0.15) is 0 Å². The second-order valence-corrected chi connectivity index (χ2v) is 6.30. The van der Waals surface area contributed by atoms with Gasteiger partial charge in [0.25, 0.3) is 0 Å². The van der Waals surface area contributed by atoms with E-state index in [9.17, 15) is 0 Å². The van der Waals surface area contributed by atoms with Crippen molar-refractivity contribution in [2.75, 3.05) is 37.6 Å². The normalized spacial score (nSPS) is 18.8. The number of likely N-dealkylation sites (N-methyl/N-ethyl adjacent to an activating group) is 1. The Balaban J connectivity index is 2.11. The number of piperazine rings is 1. The Labute approximate surface area is 120 Å². The number of anilines is 1. The van der Waals surface area contributed by atoms with Crippen LogP contribution >= 0.6 is 11.3 Å². The van der Waals surface area contributed by atoms with E-state index in [2.05, 4.69) is 30.6 Å². The Hall–Kier alpha value is -0.650. The lowest BCUT2D eigenvalue weighted by Crippen LogP contribution is -2.46. The third-order valence-electron chi connectivity index (χ3n) is 4.07. The maximum Gasteiger partial charge on any atom is 0.185 e. The van der Waals surface area contributed by atoms with Gasteiger partial charge in [0.05, 0.1) is 5.69 Å². The summed E-state index contributed by atoms with van der Waals surface area (Å²) < 4.78 is 0. The van der Waals surface area contributed by atoms with Gasteiger partial charge < -0.3 is 15.5 Å². The molecular formula is C14H26N4S. The molecule has 1 unspecified atom stereocenters. The van der Waals surface area contributed by atoms with Gasteiger partial charge in [0.15, 0.2) is 5.13 Å². The zero-order chi connectivity index (χ0) is 13.8. The summed E-state index contributed by atoms with van der Waals surface area (Å²) in [6.45, 7) is 12.9. The third kappa shape index (κ3) is 3.27. The van der Waals surface area contributed by atoms with E-state index < -0.39 is 0 Å². The topological polar surface area (TPSA) is 45.4 Å². The molecule has 2 N–H and O–H groups in total. The molecule has 1 atom stereocenters. The summed E-state index contributed by atoms with van der Waals surface area (Å²) >= 11 is 1.79. The Morgan fingerprint density at radius 1 is 1.26 bits per heavy atom. The molecule has 0 aromatic carbocycles. The van der Waals surface area contributed by atoms with Crippen molar-refractivity contribution < 1.29 is 0 Å². The average molecular weight is 282 g/mol. The van der Waals surface area contributed by atoms with E-state index in [-0.39, 0.29) is 0 Å². The number of aromatic nitrogens is 1. The van der Waals surface area contributed by atoms with Crippen molar-refractivity contribution in [3.05, 3.63) is 10.6 Å². The molecule has 19 heavy (non-hydrogen) atoms. The van der Waals surface area contributed by atoms with Gasteiger partial charge in [-0.05, 0) is 18.9 Å². The van der Waals surface area contributed by atoms with Gasteiger partial charge in [-0.1, -0.05) is 20.8 Å². The Bertz CT molecular complexity index is 396. The summed E-state index contributed by atoms with van der Waals surface area (Å²) in [4.78, 5) is 11.0. The summed E-state index contributed by atoms with van der Waals surface area (Å²) in [6, 6.07) is 0. The maximum atomic E-state index is 5.87. The highest BCUT2D eigenvalue weighted by Gasteiger charge is 2.21. The molecule has 2 rings (SSSR count). The summed E-state index contributed by atoms with van der Waals surface area (Å²) in [5.74, 6) is 0.514. The number of thiazole rings is 1. The van der Waals surface area contributed by atoms with Gasteiger partial charge in [-0.2, -0.15) is 0 Å². The van der Waals surface area contributed by atoms with Crippen LogP contribution in [0, 0.1) is 0 Å². The summed E-state index contributed by atoms with van der Waals surface area (Å²) in [6.07, 6.45) is 1.12. The second kappa shape index (κ2) is 6.68. The first kappa shape index (κ1) is 14.8. The molecule has 4 nitrogen and oxygen atoms in total. The van der Waals surface area contributed by atoms with Crippen LogP contribution in [0.1, 0.15) is 43.7 Å². The van der Waals surface area contributed by atoms with Crippen LogP contribution in [0.2, 0.25) is 0 Å². The zero-order valence-electron chi connectivity index (χ0n) is 12.4. The van der Waals surface area contributed by atoms with Crippen LogP contribution in [0.25, 0.3) is 0 Å². The summed E-state index contributed by atoms with van der Waals surface area (Å²) in [7, 11) is 0. The molecule has 1 aliphatic rings. The molecule has 1 saturated heterocycles. The van der Waals surface area contributed by atoms with Crippen LogP contribution in [0.15, 0.2) is 0 Å². The minimum atomic E-state index is 0.514. The summed E-state index contributed by atoms with van der Waals surface area (Å²) in [5, 5.41) is 1.17. The van der Waals surface area contributed by atoms with Crippen LogP contribution in [0.4, 0.5) is 5.13 Å². The fraction of sp³-hybridized carbons (Fsp3) is 0.786. The zero-order valence-corrected chi connectivity index (χ0v) is 13.2. The number of hydrogen-bond donors (Lipinski definition) is 1. The molecule has 0 amide bonds. The van der Waals surface area contributed by atoms with Gasteiger partial charge in [-0.25, -0.2) is 4.98 Å². The van der Waals surface area contributed by atoms with Gasteiger partial charge >= 0.3 is 0 Å². The largest absolute Gasteiger partial charge is 0.346 e. The molecule has 1 aromatic heterocycles. The third-order valence-corrected chi connectivity index (χ3v) is 5.23. The van der Waals surface area contributed by atoms with Crippen molar-refractivity contribution in [2.24, 2.45) is 5.73 Å². The van der Waals surface area contributed by atoms with Gasteiger partial charge in [0, 0.05) is 37.6 Å². The van der Waals surface area contributed by atoms with E-state index in [1.165, 1.54) is 15.7 Å². The number of rotatable bonds is 5. The smallest absolute Gasteiger partial charge is 0.185 e. The molecule has 0 bridgehead atoms. The standard InChI is InChI=1S/C14H26N4S/c1-4-11(3)13-12(10-15)19-14(16-13)18-8-6-17(5-2)7-9-18/h11H,4-10,15H2,1-3H3. The quantitative estimate of drug-likeness (QED) is 0.900. The highest BCUT2D eigenvalue weighted by atomic mass is 32.1. The maximum absolute atomic E-state index is 5.87. The predicted octanol–water partition coefficient (Wildman–Crippen LogP) is 2.26. The minimum absolute atomic E-state index is 0.514. The molecule has 1 aromatic rings. The second-order valence-electron chi connectivity index (χ2n) is 5.24. The first-order valence-electron chi connectivity index (χ1n) is 7.36. The number of nitrogens with zero attached hydrogens (tertiary/aromatic N) is 3. The average Bonchev–Trinajstić information content (AvgIpc) is 2.90. The van der Waals surface area contributed by atoms with E-state index in [1.54, 1.807) is 11.3 Å². The van der Waals surface area contributed by atoms with Crippen LogP contribution < -0.4 is 10.6 Å². The van der Waals surface area contributed by atoms with E-state index in [0.717, 1.165) is 39.1 Å². The van der Waals surface area contributed by atoms with Crippen molar-refractivity contribution in [3.8, 4) is 0 Å². The van der Waals surface area contributed by atoms with Crippen LogP contribution in [-0.2, 0) is 6.54 Å². The first-order chi connectivity index (χ1) is 9.19. The van der Waals surface area contributed by atoms with Gasteiger partial charge in [-0.15, -0.1) is 11.3 Å². The lowest BCUT2D eigenvalue weighted by molar-refractivity contribution is 0.271. The monoisotopic (exact) mass is 282 g/mol. The highest BCUT2D eigenvalue weighted by molar-refractivity contribution is 7.15. The lowest BCUT2D eigenvalue weighted by Gasteiger charge is -2.33. The van der Waals surface area contributed by atoms with Crippen LogP contribution in [0.5, 0.6) is 0 Å². The predicted molar refractivity (Wildman–Crippen MR) is 83.0 cm³/mol. The summed E-state index contributed by atoms with van der Waals surface area (Å²) in [5.41, 5.74) is 7.10. The molecule has 0 radical (unpaired) electrons. The molecule has 0 spiro atoms. The molecule has 108 valence electrons. The Morgan fingerprint density at radius 2 is 1.95 bits per heavy atom. The van der Waals surface area contributed by atoms with Crippen LogP contribution in [-0.4, -0.2) is 42.6 Å². The van der Waals surface area contributed by atoms with Crippen molar-refractivity contribution in [1.29, 1.82) is 0 Å². The van der Waals surface area contributed by atoms with Crippen molar-refractivity contribution in [1.82, 2.24) is 9.88 Å². The lowest BCUT2D eigenvalue weighted by atomic mass is 10.0. The molecule has 0 aliphatic carbocycles. The molecular weight excluding hydrogens is 256 g/mol. The minimum Gasteiger partial charge on any atom is -0.346 e. The van der Waals surface area contributed by atoms with E-state index in [0.29, 0.717) is 12.5 Å². The van der Waals surface area contributed by atoms with Crippen molar-refractivity contribution in [2.45, 2.75) is 39.7 Å². The van der Waals surface area contributed by atoms with Crippen molar-refractivity contribution in [3.63, 3.8) is 0 Å². The molecule has 0 saturated carbocycles. The molecule has 2 heterocycles. The van der Waals surface area contributed by atoms with E-state index in [4.69, 9.17) is 10.7 Å². The number of hydrogen-bond acceptors (Lipinski definition) is 5. The van der Waals surface area contributed by atoms with Crippen LogP contribution in [0.3, 0.4) is 0 Å². The molecule has 1 aliphatic heterocycles. The molecule has 1 fully saturated rings. The fourth-order valence-electron chi connectivity index (χ4n) is 2.47.